The molecule has 0 spiro atoms. The van der Waals surface area contributed by atoms with Gasteiger partial charge < -0.3 is 4.90 Å². The van der Waals surface area contributed by atoms with Gasteiger partial charge in [0, 0.05) is 24.2 Å². The molecule has 0 aliphatic carbocycles. The summed E-state index contributed by atoms with van der Waals surface area (Å²) in [5.41, 5.74) is 4.68. The lowest BCUT2D eigenvalue weighted by atomic mass is 10.0. The Morgan fingerprint density at radius 1 is 0.839 bits per heavy atom. The summed E-state index contributed by atoms with van der Waals surface area (Å²) in [7, 11) is 0. The molecule has 0 radical (unpaired) electrons. The van der Waals surface area contributed by atoms with Crippen molar-refractivity contribution in [3.05, 3.63) is 89.4 Å². The van der Waals surface area contributed by atoms with Gasteiger partial charge in [0.2, 0.25) is 0 Å². The van der Waals surface area contributed by atoms with Crippen LogP contribution in [0, 0.1) is 0 Å². The van der Waals surface area contributed by atoms with Gasteiger partial charge in [-0.05, 0) is 36.4 Å². The van der Waals surface area contributed by atoms with Crippen molar-refractivity contribution in [2.75, 3.05) is 11.4 Å². The highest BCUT2D eigenvalue weighted by atomic mass is 35.5. The van der Waals surface area contributed by atoms with E-state index in [1.165, 1.54) is 0 Å². The summed E-state index contributed by atoms with van der Waals surface area (Å²) in [6, 6.07) is 25.5. The molecule has 5 aromatic rings. The molecule has 150 valence electrons. The molecule has 3 aromatic carbocycles. The highest BCUT2D eigenvalue weighted by Gasteiger charge is 2.31. The van der Waals surface area contributed by atoms with Crippen LogP contribution < -0.4 is 4.90 Å². The van der Waals surface area contributed by atoms with Crippen LogP contribution >= 0.6 is 11.6 Å². The molecule has 2 aromatic heterocycles. The molecule has 31 heavy (non-hydrogen) atoms. The number of halogens is 1. The Labute approximate surface area is 183 Å². The minimum atomic E-state index is 0.0562. The fourth-order valence-electron chi connectivity index (χ4n) is 4.29. The van der Waals surface area contributed by atoms with Gasteiger partial charge in [0.15, 0.2) is 11.4 Å². The number of anilines is 2. The molecule has 0 unspecified atom stereocenters. The number of carbonyl (C=O) groups excluding carboxylic acids is 1. The zero-order chi connectivity index (χ0) is 20.9. The van der Waals surface area contributed by atoms with E-state index in [1.54, 1.807) is 0 Å². The van der Waals surface area contributed by atoms with Crippen LogP contribution in [0.3, 0.4) is 0 Å². The van der Waals surface area contributed by atoms with E-state index in [-0.39, 0.29) is 5.78 Å². The lowest BCUT2D eigenvalue weighted by molar-refractivity contribution is 0.0982. The molecule has 0 N–H and O–H groups in total. The van der Waals surface area contributed by atoms with Crippen LogP contribution in [-0.2, 0) is 0 Å². The number of hydrogen-bond donors (Lipinski definition) is 0. The topological polar surface area (TPSA) is 50.5 Å². The van der Waals surface area contributed by atoms with Crippen LogP contribution in [-0.4, -0.2) is 26.7 Å². The van der Waals surface area contributed by atoms with Gasteiger partial charge in [0.05, 0.1) is 16.1 Å². The molecular formula is C25H17ClN4O. The molecule has 3 heterocycles. The number of hydrogen-bond acceptors (Lipinski definition) is 4. The summed E-state index contributed by atoms with van der Waals surface area (Å²) >= 11 is 6.59. The number of para-hydroxylation sites is 3. The number of nitrogens with zero attached hydrogens (tertiary/aromatic N) is 4. The number of rotatable bonds is 2. The van der Waals surface area contributed by atoms with Gasteiger partial charge in [-0.3, -0.25) is 9.20 Å². The summed E-state index contributed by atoms with van der Waals surface area (Å²) < 4.78 is 1.96. The second-order valence-electron chi connectivity index (χ2n) is 7.53. The van der Waals surface area contributed by atoms with Crippen molar-refractivity contribution in [2.24, 2.45) is 0 Å². The van der Waals surface area contributed by atoms with Gasteiger partial charge in [-0.2, -0.15) is 0 Å². The minimum absolute atomic E-state index is 0.0562. The normalized spacial score (nSPS) is 13.7. The fourth-order valence-corrected chi connectivity index (χ4v) is 4.51. The van der Waals surface area contributed by atoms with Gasteiger partial charge in [0.25, 0.3) is 0 Å². The summed E-state index contributed by atoms with van der Waals surface area (Å²) in [4.78, 5) is 25.1. The summed E-state index contributed by atoms with van der Waals surface area (Å²) in [6.07, 6.45) is 0.411. The molecule has 0 amide bonds. The third-order valence-corrected chi connectivity index (χ3v) is 6.04. The Balaban J connectivity index is 1.76. The first kappa shape index (κ1) is 18.1. The first-order valence-electron chi connectivity index (χ1n) is 10.1. The van der Waals surface area contributed by atoms with Crippen LogP contribution in [0.2, 0.25) is 5.02 Å². The van der Waals surface area contributed by atoms with Gasteiger partial charge >= 0.3 is 0 Å². The van der Waals surface area contributed by atoms with Gasteiger partial charge in [0.1, 0.15) is 17.2 Å². The number of benzene rings is 3. The Morgan fingerprint density at radius 3 is 2.42 bits per heavy atom. The number of imidazole rings is 1. The fraction of sp³-hybridized carbons (Fsp3) is 0.0800. The zero-order valence-corrected chi connectivity index (χ0v) is 17.3. The van der Waals surface area contributed by atoms with Crippen molar-refractivity contribution in [3.8, 4) is 11.4 Å². The molecule has 0 fully saturated rings. The predicted molar refractivity (Wildman–Crippen MR) is 123 cm³/mol. The van der Waals surface area contributed by atoms with Gasteiger partial charge in [-0.25, -0.2) is 9.97 Å². The van der Waals surface area contributed by atoms with Gasteiger partial charge in [-0.1, -0.05) is 54.1 Å². The van der Waals surface area contributed by atoms with Crippen LogP contribution in [0.1, 0.15) is 16.8 Å². The first-order valence-corrected chi connectivity index (χ1v) is 10.5. The van der Waals surface area contributed by atoms with E-state index in [2.05, 4.69) is 4.90 Å². The average Bonchev–Trinajstić information content (AvgIpc) is 3.19. The number of fused-ring (bicyclic) bond motifs is 5. The number of aromatic nitrogens is 3. The average molecular weight is 425 g/mol. The molecule has 0 saturated carbocycles. The maximum Gasteiger partial charge on any atom is 0.172 e. The molecule has 1 aliphatic rings. The highest BCUT2D eigenvalue weighted by Crippen LogP contribution is 2.39. The van der Waals surface area contributed by atoms with Crippen LogP contribution in [0.4, 0.5) is 11.5 Å². The second kappa shape index (κ2) is 6.93. The van der Waals surface area contributed by atoms with E-state index in [0.29, 0.717) is 40.8 Å². The molecule has 0 bridgehead atoms. The van der Waals surface area contributed by atoms with Crippen molar-refractivity contribution in [1.82, 2.24) is 14.4 Å². The third-order valence-electron chi connectivity index (χ3n) is 5.71. The van der Waals surface area contributed by atoms with Crippen LogP contribution in [0.25, 0.3) is 28.1 Å². The van der Waals surface area contributed by atoms with Crippen LogP contribution in [0.15, 0.2) is 78.9 Å². The molecule has 1 aliphatic heterocycles. The first-order chi connectivity index (χ1) is 15.2. The minimum Gasteiger partial charge on any atom is -0.325 e. The molecule has 6 rings (SSSR count). The number of Topliss-reactive ketones (excluding diaryl/α,β-unsaturated/α-hetero) is 1. The van der Waals surface area contributed by atoms with Crippen LogP contribution in [0.5, 0.6) is 0 Å². The molecule has 0 saturated heterocycles. The van der Waals surface area contributed by atoms with E-state index in [1.807, 2.05) is 83.3 Å². The SMILES string of the molecule is O=C1CCN(c2ccccc2)c2nc(-c3ccccc3Cl)n3c(nc4ccccc43)c21. The molecule has 0 atom stereocenters. The maximum atomic E-state index is 13.1. The molecular weight excluding hydrogens is 408 g/mol. The third kappa shape index (κ3) is 2.74. The van der Waals surface area contributed by atoms with E-state index >= 15 is 0 Å². The maximum absolute atomic E-state index is 13.1. The Kier molecular flexibility index (Phi) is 4.04. The monoisotopic (exact) mass is 424 g/mol. The van der Waals surface area contributed by atoms with Crippen molar-refractivity contribution in [2.45, 2.75) is 6.42 Å². The smallest absolute Gasteiger partial charge is 0.172 e. The Bertz CT molecular complexity index is 1480. The summed E-state index contributed by atoms with van der Waals surface area (Å²) in [5, 5.41) is 0.599. The predicted octanol–water partition coefficient (Wildman–Crippen LogP) is 5.93. The molecule has 5 nitrogen and oxygen atoms in total. The molecule has 6 heteroatoms. The number of carbonyl (C=O) groups is 1. The summed E-state index contributed by atoms with van der Waals surface area (Å²) in [6.45, 7) is 0.571. The van der Waals surface area contributed by atoms with Crippen molar-refractivity contribution in [3.63, 3.8) is 0 Å². The lowest BCUT2D eigenvalue weighted by Gasteiger charge is -2.30. The number of ketones is 1. The largest absolute Gasteiger partial charge is 0.325 e. The van der Waals surface area contributed by atoms with E-state index in [0.717, 1.165) is 22.3 Å². The van der Waals surface area contributed by atoms with E-state index in [4.69, 9.17) is 21.6 Å². The highest BCUT2D eigenvalue weighted by molar-refractivity contribution is 6.33. The van der Waals surface area contributed by atoms with E-state index in [9.17, 15) is 4.79 Å². The summed E-state index contributed by atoms with van der Waals surface area (Å²) in [5.74, 6) is 1.35. The van der Waals surface area contributed by atoms with Crippen molar-refractivity contribution < 1.29 is 4.79 Å². The van der Waals surface area contributed by atoms with E-state index < -0.39 is 0 Å². The van der Waals surface area contributed by atoms with Gasteiger partial charge in [-0.15, -0.1) is 0 Å². The van der Waals surface area contributed by atoms with Crippen molar-refractivity contribution in [1.29, 1.82) is 0 Å². The zero-order valence-electron chi connectivity index (χ0n) is 16.5. The quantitative estimate of drug-likeness (QED) is 0.352. The second-order valence-corrected chi connectivity index (χ2v) is 7.94. The Hall–Kier alpha value is -3.70. The standard InChI is InChI=1S/C25H17ClN4O/c26-18-11-5-4-10-17(18)23-28-24-22(25-27-19-12-6-7-13-20(19)30(23)25)21(31)14-15-29(24)16-8-2-1-3-9-16/h1-13H,14-15H2. The van der Waals surface area contributed by atoms with Crippen molar-refractivity contribution >= 4 is 45.6 Å². The Morgan fingerprint density at radius 2 is 1.58 bits per heavy atom. The lowest BCUT2D eigenvalue weighted by Crippen LogP contribution is -2.30.